The number of carbonyl (C=O) groups is 2. The molecular weight excluding hydrogens is 274 g/mol. The van der Waals surface area contributed by atoms with E-state index in [1.54, 1.807) is 36.0 Å². The zero-order valence-electron chi connectivity index (χ0n) is 11.0. The van der Waals surface area contributed by atoms with Crippen molar-refractivity contribution in [3.63, 3.8) is 0 Å². The lowest BCUT2D eigenvalue weighted by atomic mass is 10.1. The molecule has 0 spiro atoms. The number of fused-ring (bicyclic) bond motifs is 1. The van der Waals surface area contributed by atoms with Crippen molar-refractivity contribution in [2.45, 2.75) is 6.42 Å². The second-order valence-corrected chi connectivity index (χ2v) is 5.71. The molecule has 0 unspecified atom stereocenters. The van der Waals surface area contributed by atoms with Gasteiger partial charge < -0.3 is 5.32 Å². The van der Waals surface area contributed by atoms with Gasteiger partial charge in [-0.1, -0.05) is 23.9 Å². The summed E-state index contributed by atoms with van der Waals surface area (Å²) in [6, 6.07) is 6.97. The van der Waals surface area contributed by atoms with Gasteiger partial charge in [0.1, 0.15) is 0 Å². The highest BCUT2D eigenvalue weighted by molar-refractivity contribution is 8.13. The van der Waals surface area contributed by atoms with Crippen LogP contribution < -0.4 is 5.32 Å². The minimum atomic E-state index is -0.190. The van der Waals surface area contributed by atoms with Crippen LogP contribution in [0.4, 0.5) is 0 Å². The lowest BCUT2D eigenvalue weighted by Crippen LogP contribution is -2.33. The molecule has 6 heteroatoms. The quantitative estimate of drug-likeness (QED) is 0.854. The molecule has 1 aromatic carbocycles. The summed E-state index contributed by atoms with van der Waals surface area (Å²) in [6.45, 7) is 2.21. The molecule has 20 heavy (non-hydrogen) atoms. The zero-order chi connectivity index (χ0) is 13.9. The van der Waals surface area contributed by atoms with Gasteiger partial charge in [-0.25, -0.2) is 0 Å². The van der Waals surface area contributed by atoms with E-state index >= 15 is 0 Å². The number of rotatable bonds is 3. The summed E-state index contributed by atoms with van der Waals surface area (Å²) in [7, 11) is 0. The number of aliphatic imine (C=N–C) groups is 1. The predicted molar refractivity (Wildman–Crippen MR) is 79.2 cm³/mol. The number of hydrogen-bond acceptors (Lipinski definition) is 5. The van der Waals surface area contributed by atoms with Crippen molar-refractivity contribution in [2.24, 2.45) is 4.99 Å². The maximum absolute atomic E-state index is 12.1. The number of nitrogens with zero attached hydrogens (tertiary/aromatic N) is 2. The Hall–Kier alpha value is -1.82. The van der Waals surface area contributed by atoms with E-state index in [1.807, 2.05) is 0 Å². The number of hydrogen-bond donors (Lipinski definition) is 1. The summed E-state index contributed by atoms with van der Waals surface area (Å²) in [5, 5.41) is 4.12. The van der Waals surface area contributed by atoms with Crippen LogP contribution in [-0.2, 0) is 0 Å². The molecule has 1 N–H and O–H groups in total. The molecular formula is C14H15N3O2S. The van der Waals surface area contributed by atoms with Gasteiger partial charge in [0.05, 0.1) is 11.1 Å². The van der Waals surface area contributed by atoms with E-state index in [0.717, 1.165) is 24.7 Å². The maximum atomic E-state index is 12.1. The Labute approximate surface area is 121 Å². The molecule has 2 amide bonds. The maximum Gasteiger partial charge on any atom is 0.261 e. The van der Waals surface area contributed by atoms with Crippen LogP contribution in [0.5, 0.6) is 0 Å². The summed E-state index contributed by atoms with van der Waals surface area (Å²) < 4.78 is 0. The van der Waals surface area contributed by atoms with Gasteiger partial charge in [-0.15, -0.1) is 0 Å². The topological polar surface area (TPSA) is 61.8 Å². The molecule has 0 saturated carbocycles. The average Bonchev–Trinajstić information content (AvgIpc) is 2.74. The van der Waals surface area contributed by atoms with Gasteiger partial charge in [0.15, 0.2) is 5.17 Å². The minimum absolute atomic E-state index is 0.190. The molecule has 2 aliphatic rings. The normalized spacial score (nSPS) is 17.8. The third-order valence-electron chi connectivity index (χ3n) is 3.30. The van der Waals surface area contributed by atoms with Crippen LogP contribution in [-0.4, -0.2) is 47.3 Å². The van der Waals surface area contributed by atoms with E-state index in [2.05, 4.69) is 10.3 Å². The molecule has 0 aromatic heterocycles. The van der Waals surface area contributed by atoms with Crippen molar-refractivity contribution >= 4 is 28.7 Å². The van der Waals surface area contributed by atoms with Gasteiger partial charge in [-0.05, 0) is 18.6 Å². The first-order valence-electron chi connectivity index (χ1n) is 6.64. The van der Waals surface area contributed by atoms with Gasteiger partial charge in [-0.3, -0.25) is 19.5 Å². The summed E-state index contributed by atoms with van der Waals surface area (Å²) in [5.74, 6) is 0.284. The van der Waals surface area contributed by atoms with Crippen LogP contribution in [0.1, 0.15) is 27.1 Å². The zero-order valence-corrected chi connectivity index (χ0v) is 11.8. The summed E-state index contributed by atoms with van der Waals surface area (Å²) in [4.78, 5) is 30.0. The summed E-state index contributed by atoms with van der Waals surface area (Å²) in [5.41, 5.74) is 1.02. The van der Waals surface area contributed by atoms with Gasteiger partial charge in [-0.2, -0.15) is 0 Å². The van der Waals surface area contributed by atoms with Crippen LogP contribution in [0.15, 0.2) is 29.3 Å². The van der Waals surface area contributed by atoms with Crippen LogP contribution in [0.3, 0.4) is 0 Å². The number of carbonyl (C=O) groups excluding carboxylic acids is 2. The van der Waals surface area contributed by atoms with Crippen LogP contribution in [0, 0.1) is 0 Å². The van der Waals surface area contributed by atoms with Gasteiger partial charge in [0.2, 0.25) is 0 Å². The Morgan fingerprint density at radius 2 is 1.90 bits per heavy atom. The largest absolute Gasteiger partial charge is 0.365 e. The third-order valence-corrected chi connectivity index (χ3v) is 4.23. The average molecular weight is 289 g/mol. The lowest BCUT2D eigenvalue weighted by molar-refractivity contribution is 0.0664. The van der Waals surface area contributed by atoms with E-state index in [9.17, 15) is 9.59 Å². The number of amidine groups is 1. The smallest absolute Gasteiger partial charge is 0.261 e. The first kappa shape index (κ1) is 13.2. The van der Waals surface area contributed by atoms with Crippen LogP contribution in [0.2, 0.25) is 0 Å². The van der Waals surface area contributed by atoms with E-state index in [1.165, 1.54) is 4.90 Å². The van der Waals surface area contributed by atoms with Crippen molar-refractivity contribution in [1.82, 2.24) is 10.2 Å². The van der Waals surface area contributed by atoms with E-state index in [-0.39, 0.29) is 11.8 Å². The standard InChI is InChI=1S/C14H15N3O2S/c18-12-10-4-1-2-5-11(10)13(19)17(12)8-9-20-14-15-6-3-7-16-14/h1-2,4-5H,3,6-9H2,(H,15,16). The fraction of sp³-hybridized carbons (Fsp3) is 0.357. The molecule has 0 fully saturated rings. The second kappa shape index (κ2) is 5.66. The van der Waals surface area contributed by atoms with Gasteiger partial charge in [0, 0.05) is 25.4 Å². The molecule has 2 heterocycles. The van der Waals surface area contributed by atoms with Crippen molar-refractivity contribution in [1.29, 1.82) is 0 Å². The Morgan fingerprint density at radius 3 is 2.50 bits per heavy atom. The van der Waals surface area contributed by atoms with Crippen molar-refractivity contribution in [3.8, 4) is 0 Å². The van der Waals surface area contributed by atoms with Crippen LogP contribution in [0.25, 0.3) is 0 Å². The molecule has 1 aromatic rings. The number of nitrogens with one attached hydrogen (secondary N) is 1. The minimum Gasteiger partial charge on any atom is -0.365 e. The SMILES string of the molecule is O=C1c2ccccc2C(=O)N1CCSC1=NCCCN1. The van der Waals surface area contributed by atoms with Gasteiger partial charge in [0.25, 0.3) is 11.8 Å². The highest BCUT2D eigenvalue weighted by atomic mass is 32.2. The number of amides is 2. The highest BCUT2D eigenvalue weighted by Gasteiger charge is 2.34. The molecule has 0 atom stereocenters. The number of imide groups is 1. The first-order chi connectivity index (χ1) is 9.77. The Kier molecular flexibility index (Phi) is 3.73. The van der Waals surface area contributed by atoms with Crippen molar-refractivity contribution in [3.05, 3.63) is 35.4 Å². The molecule has 0 saturated heterocycles. The van der Waals surface area contributed by atoms with E-state index in [0.29, 0.717) is 23.4 Å². The molecule has 5 nitrogen and oxygen atoms in total. The molecule has 2 aliphatic heterocycles. The highest BCUT2D eigenvalue weighted by Crippen LogP contribution is 2.22. The molecule has 0 bridgehead atoms. The van der Waals surface area contributed by atoms with Gasteiger partial charge >= 0.3 is 0 Å². The predicted octanol–water partition coefficient (Wildman–Crippen LogP) is 1.37. The second-order valence-electron chi connectivity index (χ2n) is 4.62. The molecule has 0 radical (unpaired) electrons. The van der Waals surface area contributed by atoms with Crippen LogP contribution >= 0.6 is 11.8 Å². The monoisotopic (exact) mass is 289 g/mol. The fourth-order valence-corrected chi connectivity index (χ4v) is 3.14. The van der Waals surface area contributed by atoms with E-state index < -0.39 is 0 Å². The summed E-state index contributed by atoms with van der Waals surface area (Å²) in [6.07, 6.45) is 1.06. The molecule has 0 aliphatic carbocycles. The van der Waals surface area contributed by atoms with E-state index in [4.69, 9.17) is 0 Å². The lowest BCUT2D eigenvalue weighted by Gasteiger charge is -2.16. The first-order valence-corrected chi connectivity index (χ1v) is 7.62. The Balaban J connectivity index is 1.61. The fourth-order valence-electron chi connectivity index (χ4n) is 2.28. The number of benzene rings is 1. The molecule has 3 rings (SSSR count). The van der Waals surface area contributed by atoms with Crippen molar-refractivity contribution < 1.29 is 9.59 Å². The summed E-state index contributed by atoms with van der Waals surface area (Å²) >= 11 is 1.56. The third kappa shape index (κ3) is 2.43. The van der Waals surface area contributed by atoms with Crippen molar-refractivity contribution in [2.75, 3.05) is 25.4 Å². The Morgan fingerprint density at radius 1 is 1.20 bits per heavy atom. The Bertz CT molecular complexity index is 551. The number of thioether (sulfide) groups is 1. The molecule has 104 valence electrons.